The second-order valence-electron chi connectivity index (χ2n) is 7.09. The molecule has 3 rings (SSSR count). The van der Waals surface area contributed by atoms with Gasteiger partial charge in [0.05, 0.1) is 0 Å². The summed E-state index contributed by atoms with van der Waals surface area (Å²) in [5.41, 5.74) is 2.44. The molecule has 5 heteroatoms. The second-order valence-corrected chi connectivity index (χ2v) is 7.09. The van der Waals surface area contributed by atoms with E-state index >= 15 is 0 Å². The maximum absolute atomic E-state index is 12.7. The van der Waals surface area contributed by atoms with Crippen LogP contribution in [-0.2, 0) is 14.3 Å². The summed E-state index contributed by atoms with van der Waals surface area (Å²) in [4.78, 5) is 14.6. The van der Waals surface area contributed by atoms with E-state index in [1.807, 2.05) is 4.90 Å². The average Bonchev–Trinajstić information content (AvgIpc) is 2.62. The first-order valence-corrected chi connectivity index (χ1v) is 9.17. The van der Waals surface area contributed by atoms with Gasteiger partial charge in [-0.25, -0.2) is 0 Å². The quantitative estimate of drug-likeness (QED) is 0.908. The van der Waals surface area contributed by atoms with Crippen LogP contribution in [0, 0.1) is 0 Å². The summed E-state index contributed by atoms with van der Waals surface area (Å²) in [6.07, 6.45) is 2.05. The summed E-state index contributed by atoms with van der Waals surface area (Å²) in [5.74, 6) is 1.44. The normalized spacial score (nSPS) is 21.0. The van der Waals surface area contributed by atoms with E-state index in [-0.39, 0.29) is 11.9 Å². The number of allylic oxidation sites excluding steroid dienone is 1. The predicted octanol–water partition coefficient (Wildman–Crippen LogP) is 3.49. The second kappa shape index (κ2) is 7.81. The summed E-state index contributed by atoms with van der Waals surface area (Å²) >= 11 is 0. The molecule has 0 bridgehead atoms. The standard InChI is InChI=1S/C20H28N2O3/c1-14(2)16-6-8-17(9-7-16)21-18-5-4-10-22(13-18)20(23)19-15(3)24-11-12-25-19/h6-9,14,18,21H,4-5,10-13H2,1-3H3. The van der Waals surface area contributed by atoms with Gasteiger partial charge >= 0.3 is 0 Å². The molecule has 5 nitrogen and oxygen atoms in total. The molecule has 1 aromatic carbocycles. The smallest absolute Gasteiger partial charge is 0.292 e. The number of nitrogens with zero attached hydrogens (tertiary/aromatic N) is 1. The van der Waals surface area contributed by atoms with Gasteiger partial charge in [-0.3, -0.25) is 4.79 Å². The zero-order valence-corrected chi connectivity index (χ0v) is 15.4. The number of hydrogen-bond donors (Lipinski definition) is 1. The molecule has 1 atom stereocenters. The van der Waals surface area contributed by atoms with Crippen molar-refractivity contribution in [3.63, 3.8) is 0 Å². The van der Waals surface area contributed by atoms with Crippen molar-refractivity contribution < 1.29 is 14.3 Å². The van der Waals surface area contributed by atoms with E-state index in [1.165, 1.54) is 5.56 Å². The van der Waals surface area contributed by atoms with Crippen molar-refractivity contribution in [3.8, 4) is 0 Å². The number of carbonyl (C=O) groups is 1. The van der Waals surface area contributed by atoms with E-state index in [9.17, 15) is 4.79 Å². The van der Waals surface area contributed by atoms with E-state index in [0.717, 1.165) is 25.1 Å². The Labute approximate surface area is 150 Å². The number of piperidine rings is 1. The molecule has 2 aliphatic heterocycles. The molecule has 0 radical (unpaired) electrons. The topological polar surface area (TPSA) is 50.8 Å². The molecule has 0 saturated carbocycles. The van der Waals surface area contributed by atoms with Crippen LogP contribution in [0.4, 0.5) is 5.69 Å². The van der Waals surface area contributed by atoms with Crippen LogP contribution in [0.2, 0.25) is 0 Å². The molecule has 2 aliphatic rings. The average molecular weight is 344 g/mol. The molecule has 1 N–H and O–H groups in total. The third-order valence-electron chi connectivity index (χ3n) is 4.82. The number of benzene rings is 1. The minimum absolute atomic E-state index is 0.0566. The van der Waals surface area contributed by atoms with Crippen LogP contribution < -0.4 is 5.32 Å². The van der Waals surface area contributed by atoms with Crippen molar-refractivity contribution in [2.75, 3.05) is 31.6 Å². The molecule has 1 aromatic rings. The highest BCUT2D eigenvalue weighted by Crippen LogP contribution is 2.22. The molecule has 25 heavy (non-hydrogen) atoms. The van der Waals surface area contributed by atoms with Crippen molar-refractivity contribution >= 4 is 11.6 Å². The van der Waals surface area contributed by atoms with Crippen LogP contribution in [0.3, 0.4) is 0 Å². The van der Waals surface area contributed by atoms with Gasteiger partial charge in [-0.15, -0.1) is 0 Å². The van der Waals surface area contributed by atoms with Gasteiger partial charge in [0.25, 0.3) is 5.91 Å². The Morgan fingerprint density at radius 3 is 2.60 bits per heavy atom. The summed E-state index contributed by atoms with van der Waals surface area (Å²) in [6.45, 7) is 8.59. The highest BCUT2D eigenvalue weighted by Gasteiger charge is 2.29. The van der Waals surface area contributed by atoms with E-state index in [4.69, 9.17) is 9.47 Å². The minimum Gasteiger partial charge on any atom is -0.491 e. The summed E-state index contributed by atoms with van der Waals surface area (Å²) in [5, 5.41) is 3.56. The fourth-order valence-electron chi connectivity index (χ4n) is 3.34. The lowest BCUT2D eigenvalue weighted by atomic mass is 10.0. The maximum atomic E-state index is 12.7. The Morgan fingerprint density at radius 1 is 1.20 bits per heavy atom. The first-order valence-electron chi connectivity index (χ1n) is 9.17. The summed E-state index contributed by atoms with van der Waals surface area (Å²) < 4.78 is 11.0. The van der Waals surface area contributed by atoms with Crippen LogP contribution in [0.25, 0.3) is 0 Å². The zero-order chi connectivity index (χ0) is 17.8. The molecular formula is C20H28N2O3. The number of amides is 1. The van der Waals surface area contributed by atoms with E-state index in [2.05, 4.69) is 43.4 Å². The van der Waals surface area contributed by atoms with Gasteiger partial charge in [0.15, 0.2) is 0 Å². The fourth-order valence-corrected chi connectivity index (χ4v) is 3.34. The zero-order valence-electron chi connectivity index (χ0n) is 15.4. The third-order valence-corrected chi connectivity index (χ3v) is 4.82. The van der Waals surface area contributed by atoms with Gasteiger partial charge < -0.3 is 19.7 Å². The molecule has 136 valence electrons. The highest BCUT2D eigenvalue weighted by atomic mass is 16.6. The Bertz CT molecular complexity index is 637. The van der Waals surface area contributed by atoms with Crippen LogP contribution >= 0.6 is 0 Å². The maximum Gasteiger partial charge on any atom is 0.292 e. The molecule has 1 unspecified atom stereocenters. The van der Waals surface area contributed by atoms with Crippen LogP contribution in [-0.4, -0.2) is 43.2 Å². The minimum atomic E-state index is -0.0566. The SMILES string of the molecule is CC1=C(C(=O)N2CCCC(Nc3ccc(C(C)C)cc3)C2)OCCO1. The Morgan fingerprint density at radius 2 is 1.92 bits per heavy atom. The van der Waals surface area contributed by atoms with Gasteiger partial charge in [-0.1, -0.05) is 26.0 Å². The predicted molar refractivity (Wildman–Crippen MR) is 98.4 cm³/mol. The Kier molecular flexibility index (Phi) is 5.51. The molecule has 0 spiro atoms. The summed E-state index contributed by atoms with van der Waals surface area (Å²) in [7, 11) is 0. The van der Waals surface area contributed by atoms with Gasteiger partial charge in [0.2, 0.25) is 5.76 Å². The lowest BCUT2D eigenvalue weighted by Crippen LogP contribution is -2.46. The number of anilines is 1. The van der Waals surface area contributed by atoms with Gasteiger partial charge in [-0.05, 0) is 43.4 Å². The molecule has 0 aliphatic carbocycles. The first kappa shape index (κ1) is 17.6. The number of likely N-dealkylation sites (tertiary alicyclic amines) is 1. The Hall–Kier alpha value is -2.17. The monoisotopic (exact) mass is 344 g/mol. The molecule has 2 heterocycles. The number of rotatable bonds is 4. The lowest BCUT2D eigenvalue weighted by Gasteiger charge is -2.34. The van der Waals surface area contributed by atoms with Gasteiger partial charge in [0.1, 0.15) is 19.0 Å². The van der Waals surface area contributed by atoms with Crippen LogP contribution in [0.15, 0.2) is 35.8 Å². The lowest BCUT2D eigenvalue weighted by molar-refractivity contribution is -0.133. The molecule has 1 fully saturated rings. The number of carbonyl (C=O) groups excluding carboxylic acids is 1. The van der Waals surface area contributed by atoms with E-state index in [0.29, 0.717) is 37.2 Å². The van der Waals surface area contributed by atoms with Crippen LogP contribution in [0.5, 0.6) is 0 Å². The van der Waals surface area contributed by atoms with Gasteiger partial charge in [0, 0.05) is 24.8 Å². The molecule has 0 aromatic heterocycles. The van der Waals surface area contributed by atoms with Crippen molar-refractivity contribution in [1.29, 1.82) is 0 Å². The molecule has 1 amide bonds. The number of ether oxygens (including phenoxy) is 2. The molecular weight excluding hydrogens is 316 g/mol. The van der Waals surface area contributed by atoms with Crippen molar-refractivity contribution in [3.05, 3.63) is 41.3 Å². The van der Waals surface area contributed by atoms with Crippen LogP contribution in [0.1, 0.15) is 45.1 Å². The number of hydrogen-bond acceptors (Lipinski definition) is 4. The first-order chi connectivity index (χ1) is 12.0. The Balaban J connectivity index is 1.62. The molecule has 1 saturated heterocycles. The van der Waals surface area contributed by atoms with Gasteiger partial charge in [-0.2, -0.15) is 0 Å². The largest absolute Gasteiger partial charge is 0.491 e. The fraction of sp³-hybridized carbons (Fsp3) is 0.550. The summed E-state index contributed by atoms with van der Waals surface area (Å²) in [6, 6.07) is 8.84. The number of nitrogens with one attached hydrogen (secondary N) is 1. The van der Waals surface area contributed by atoms with Crippen molar-refractivity contribution in [2.45, 2.75) is 45.6 Å². The van der Waals surface area contributed by atoms with E-state index in [1.54, 1.807) is 6.92 Å². The van der Waals surface area contributed by atoms with Crippen molar-refractivity contribution in [1.82, 2.24) is 4.90 Å². The highest BCUT2D eigenvalue weighted by molar-refractivity contribution is 5.92. The van der Waals surface area contributed by atoms with Crippen molar-refractivity contribution in [2.24, 2.45) is 0 Å². The third kappa shape index (κ3) is 4.27. The van der Waals surface area contributed by atoms with E-state index < -0.39 is 0 Å².